The second-order valence-electron chi connectivity index (χ2n) is 5.46. The summed E-state index contributed by atoms with van der Waals surface area (Å²) >= 11 is 5.40. The third-order valence-electron chi connectivity index (χ3n) is 4.00. The topological polar surface area (TPSA) is 50.4 Å². The molecule has 0 amide bonds. The van der Waals surface area contributed by atoms with Gasteiger partial charge in [-0.1, -0.05) is 24.3 Å². The van der Waals surface area contributed by atoms with Gasteiger partial charge in [-0.3, -0.25) is 0 Å². The largest absolute Gasteiger partial charge is 0.465 e. The van der Waals surface area contributed by atoms with Gasteiger partial charge in [-0.2, -0.15) is 0 Å². The molecule has 2 N–H and O–H groups in total. The fourth-order valence-corrected chi connectivity index (χ4v) is 3.10. The van der Waals surface area contributed by atoms with Crippen LogP contribution in [0.2, 0.25) is 0 Å². The Kier molecular flexibility index (Phi) is 4.57. The first-order valence-corrected chi connectivity index (χ1v) is 7.92. The lowest BCUT2D eigenvalue weighted by Crippen LogP contribution is -2.31. The molecule has 4 nitrogen and oxygen atoms in total. The van der Waals surface area contributed by atoms with E-state index in [4.69, 9.17) is 12.2 Å². The number of benzene rings is 2. The van der Waals surface area contributed by atoms with Gasteiger partial charge in [-0.15, -0.1) is 0 Å². The summed E-state index contributed by atoms with van der Waals surface area (Å²) in [6.45, 7) is 0. The summed E-state index contributed by atoms with van der Waals surface area (Å²) in [7, 11) is 1.37. The number of hydrogen-bond donors (Lipinski definition) is 2. The molecule has 23 heavy (non-hydrogen) atoms. The van der Waals surface area contributed by atoms with Crippen LogP contribution in [0, 0.1) is 0 Å². The number of thiocarbonyl (C=S) groups is 1. The number of esters is 1. The number of carbonyl (C=O) groups is 1. The molecule has 0 aromatic heterocycles. The van der Waals surface area contributed by atoms with Crippen LogP contribution in [0.5, 0.6) is 0 Å². The quantitative estimate of drug-likeness (QED) is 0.668. The van der Waals surface area contributed by atoms with Crippen LogP contribution < -0.4 is 10.6 Å². The van der Waals surface area contributed by atoms with E-state index in [1.165, 1.54) is 18.2 Å². The monoisotopic (exact) mass is 326 g/mol. The lowest BCUT2D eigenvalue weighted by molar-refractivity contribution is 0.0601. The Morgan fingerprint density at radius 1 is 1.17 bits per heavy atom. The van der Waals surface area contributed by atoms with Crippen LogP contribution in [0.15, 0.2) is 48.5 Å². The molecule has 118 valence electrons. The van der Waals surface area contributed by atoms with Crippen molar-refractivity contribution in [2.24, 2.45) is 0 Å². The zero-order valence-corrected chi connectivity index (χ0v) is 13.7. The highest BCUT2D eigenvalue weighted by Gasteiger charge is 2.22. The molecule has 0 radical (unpaired) electrons. The fraction of sp³-hybridized carbons (Fsp3) is 0.222. The molecule has 1 aliphatic carbocycles. The van der Waals surface area contributed by atoms with E-state index in [0.29, 0.717) is 10.7 Å². The number of ether oxygens (including phenoxy) is 1. The maximum absolute atomic E-state index is 11.4. The molecule has 0 fully saturated rings. The van der Waals surface area contributed by atoms with Crippen LogP contribution in [-0.4, -0.2) is 18.2 Å². The van der Waals surface area contributed by atoms with Crippen molar-refractivity contribution in [3.8, 4) is 0 Å². The van der Waals surface area contributed by atoms with E-state index in [9.17, 15) is 4.79 Å². The second kappa shape index (κ2) is 6.79. The minimum atomic E-state index is -0.347. The number of rotatable bonds is 3. The van der Waals surface area contributed by atoms with Crippen molar-refractivity contribution in [2.45, 2.75) is 18.9 Å². The van der Waals surface area contributed by atoms with Crippen LogP contribution in [0.3, 0.4) is 0 Å². The summed E-state index contributed by atoms with van der Waals surface area (Å²) in [5.74, 6) is -0.347. The minimum Gasteiger partial charge on any atom is -0.465 e. The minimum absolute atomic E-state index is 0.251. The normalized spacial score (nSPS) is 15.6. The van der Waals surface area contributed by atoms with Crippen molar-refractivity contribution in [1.29, 1.82) is 0 Å². The number of hydrogen-bond acceptors (Lipinski definition) is 3. The van der Waals surface area contributed by atoms with Crippen molar-refractivity contribution in [3.05, 3.63) is 65.2 Å². The molecule has 0 saturated heterocycles. The van der Waals surface area contributed by atoms with Crippen molar-refractivity contribution in [3.63, 3.8) is 0 Å². The lowest BCUT2D eigenvalue weighted by atomic mass is 10.1. The van der Waals surface area contributed by atoms with E-state index in [-0.39, 0.29) is 12.0 Å². The summed E-state index contributed by atoms with van der Waals surface area (Å²) in [5.41, 5.74) is 4.05. The standard InChI is InChI=1S/C18H18N2O2S/c1-22-17(21)13-6-9-14(10-7-13)19-18(23)20-16-11-8-12-4-2-3-5-15(12)16/h2-7,9-10,16H,8,11H2,1H3,(H2,19,20,23)/t16-/m1/s1. The zero-order chi connectivity index (χ0) is 16.2. The Hall–Kier alpha value is -2.40. The molecular formula is C18H18N2O2S. The highest BCUT2D eigenvalue weighted by molar-refractivity contribution is 7.80. The molecule has 1 aliphatic rings. The van der Waals surface area contributed by atoms with Crippen molar-refractivity contribution >= 4 is 29.0 Å². The number of anilines is 1. The van der Waals surface area contributed by atoms with Crippen molar-refractivity contribution in [1.82, 2.24) is 5.32 Å². The summed E-state index contributed by atoms with van der Waals surface area (Å²) < 4.78 is 4.68. The molecule has 2 aromatic carbocycles. The Balaban J connectivity index is 1.61. The molecule has 0 aliphatic heterocycles. The third kappa shape index (κ3) is 3.51. The Labute approximate surface area is 140 Å². The molecule has 0 bridgehead atoms. The van der Waals surface area contributed by atoms with E-state index in [2.05, 4.69) is 39.6 Å². The molecule has 0 unspecified atom stereocenters. The van der Waals surface area contributed by atoms with Crippen LogP contribution in [0.1, 0.15) is 33.9 Å². The van der Waals surface area contributed by atoms with Gasteiger partial charge in [-0.25, -0.2) is 4.79 Å². The molecule has 2 aromatic rings. The number of carbonyl (C=O) groups excluding carboxylic acids is 1. The van der Waals surface area contributed by atoms with Crippen LogP contribution in [-0.2, 0) is 11.2 Å². The van der Waals surface area contributed by atoms with Gasteiger partial charge in [0.1, 0.15) is 0 Å². The Morgan fingerprint density at radius 2 is 1.91 bits per heavy atom. The van der Waals surface area contributed by atoms with E-state index in [1.54, 1.807) is 12.1 Å². The highest BCUT2D eigenvalue weighted by atomic mass is 32.1. The first kappa shape index (κ1) is 15.5. The van der Waals surface area contributed by atoms with Gasteiger partial charge >= 0.3 is 5.97 Å². The molecule has 5 heteroatoms. The average molecular weight is 326 g/mol. The van der Waals surface area contributed by atoms with Crippen LogP contribution in [0.4, 0.5) is 5.69 Å². The summed E-state index contributed by atoms with van der Waals surface area (Å²) in [6, 6.07) is 15.7. The zero-order valence-electron chi connectivity index (χ0n) is 12.8. The van der Waals surface area contributed by atoms with E-state index < -0.39 is 0 Å². The summed E-state index contributed by atoms with van der Waals surface area (Å²) in [5, 5.41) is 7.09. The van der Waals surface area contributed by atoms with E-state index in [1.807, 2.05) is 12.1 Å². The van der Waals surface area contributed by atoms with Gasteiger partial charge in [-0.05, 0) is 60.5 Å². The molecule has 1 atom stereocenters. The number of methoxy groups -OCH3 is 1. The van der Waals surface area contributed by atoms with Gasteiger partial charge in [0.2, 0.25) is 0 Å². The first-order chi connectivity index (χ1) is 11.2. The third-order valence-corrected chi connectivity index (χ3v) is 4.22. The first-order valence-electron chi connectivity index (χ1n) is 7.51. The van der Waals surface area contributed by atoms with Crippen molar-refractivity contribution in [2.75, 3.05) is 12.4 Å². The Morgan fingerprint density at radius 3 is 2.65 bits per heavy atom. The maximum atomic E-state index is 11.4. The smallest absolute Gasteiger partial charge is 0.337 e. The van der Waals surface area contributed by atoms with E-state index in [0.717, 1.165) is 18.5 Å². The lowest BCUT2D eigenvalue weighted by Gasteiger charge is -2.17. The predicted molar refractivity (Wildman–Crippen MR) is 94.6 cm³/mol. The molecule has 0 saturated carbocycles. The van der Waals surface area contributed by atoms with Gasteiger partial charge < -0.3 is 15.4 Å². The Bertz CT molecular complexity index is 728. The second-order valence-corrected chi connectivity index (χ2v) is 5.87. The van der Waals surface area contributed by atoms with Gasteiger partial charge in [0, 0.05) is 5.69 Å². The summed E-state index contributed by atoms with van der Waals surface area (Å²) in [4.78, 5) is 11.4. The maximum Gasteiger partial charge on any atom is 0.337 e. The molecule has 3 rings (SSSR count). The van der Waals surface area contributed by atoms with Crippen molar-refractivity contribution < 1.29 is 9.53 Å². The van der Waals surface area contributed by atoms with Gasteiger partial charge in [0.05, 0.1) is 18.7 Å². The van der Waals surface area contributed by atoms with Crippen LogP contribution in [0.25, 0.3) is 0 Å². The van der Waals surface area contributed by atoms with Gasteiger partial charge in [0.15, 0.2) is 5.11 Å². The number of aryl methyl sites for hydroxylation is 1. The SMILES string of the molecule is COC(=O)c1ccc(NC(=S)N[C@@H]2CCc3ccccc32)cc1. The molecule has 0 spiro atoms. The highest BCUT2D eigenvalue weighted by Crippen LogP contribution is 2.30. The van der Waals surface area contributed by atoms with E-state index >= 15 is 0 Å². The average Bonchev–Trinajstić information content (AvgIpc) is 2.98. The molecule has 0 heterocycles. The van der Waals surface area contributed by atoms with Gasteiger partial charge in [0.25, 0.3) is 0 Å². The van der Waals surface area contributed by atoms with Crippen LogP contribution >= 0.6 is 12.2 Å². The number of fused-ring (bicyclic) bond motifs is 1. The predicted octanol–water partition coefficient (Wildman–Crippen LogP) is 3.45. The molecular weight excluding hydrogens is 308 g/mol. The summed E-state index contributed by atoms with van der Waals surface area (Å²) in [6.07, 6.45) is 2.12. The fourth-order valence-electron chi connectivity index (χ4n) is 2.84. The number of nitrogens with one attached hydrogen (secondary N) is 2.